The summed E-state index contributed by atoms with van der Waals surface area (Å²) >= 11 is 6.32. The van der Waals surface area contributed by atoms with Crippen LogP contribution in [0.15, 0.2) is 69.9 Å². The van der Waals surface area contributed by atoms with Gasteiger partial charge in [-0.1, -0.05) is 50.6 Å². The third kappa shape index (κ3) is 10.9. The molecule has 0 bridgehead atoms. The first-order valence-electron chi connectivity index (χ1n) is 16.1. The molecule has 286 valence electrons. The quantitative estimate of drug-likeness (QED) is 0.0537. The maximum Gasteiger partial charge on any atom is 0.407 e. The Labute approximate surface area is 306 Å². The van der Waals surface area contributed by atoms with Crippen LogP contribution in [0.3, 0.4) is 0 Å². The van der Waals surface area contributed by atoms with Gasteiger partial charge in [0.2, 0.25) is 6.43 Å². The Kier molecular flexibility index (Phi) is 13.5. The maximum absolute atomic E-state index is 14.4. The Balaban J connectivity index is 1.79. The number of nitrogens with one attached hydrogen (secondary N) is 1. The number of halogens is 7. The van der Waals surface area contributed by atoms with Crippen molar-refractivity contribution >= 4 is 48.3 Å². The number of nitrogens with two attached hydrogens (primary N) is 1. The van der Waals surface area contributed by atoms with E-state index in [0.717, 1.165) is 17.4 Å². The number of nitrogens with zero attached hydrogens (tertiary/aromatic N) is 7. The van der Waals surface area contributed by atoms with Gasteiger partial charge >= 0.3 is 19.2 Å². The standard InChI is InChI=1S/C34H38ClF6N9O3/c1-34(2,3)11-12-44-32(42)49(29(51)20-7-5-19(6-8-20)22-15-45-48(16-22)30(38)39)27(17-53-33(52)47-25-14-23(25)28(36)37)21-9-10-24(35)26(13-21)50(31(40)41)46-18-43-4/h5-10,13,15-16,18,23,25,27-28,30-31H,4,11-12,14,17H2,1-3H3,(H2,42,44)(H,47,52)/b46-18-/t23-,25-,27-/m1/s1. The van der Waals surface area contributed by atoms with Gasteiger partial charge in [0, 0.05) is 35.8 Å². The summed E-state index contributed by atoms with van der Waals surface area (Å²) in [6, 6.07) is 7.42. The zero-order chi connectivity index (χ0) is 39.0. The van der Waals surface area contributed by atoms with Crippen molar-refractivity contribution < 1.29 is 40.7 Å². The van der Waals surface area contributed by atoms with Crippen LogP contribution in [-0.2, 0) is 4.74 Å². The number of rotatable bonds is 15. The van der Waals surface area contributed by atoms with Gasteiger partial charge in [-0.3, -0.25) is 19.7 Å². The van der Waals surface area contributed by atoms with Gasteiger partial charge in [-0.2, -0.15) is 27.8 Å². The molecule has 1 aliphatic rings. The van der Waals surface area contributed by atoms with Crippen molar-refractivity contribution in [2.45, 2.75) is 65.2 Å². The minimum absolute atomic E-state index is 0.0289. The minimum Gasteiger partial charge on any atom is -0.447 e. The zero-order valence-corrected chi connectivity index (χ0v) is 29.6. The molecule has 0 unspecified atom stereocenters. The van der Waals surface area contributed by atoms with E-state index in [-0.39, 0.29) is 51.2 Å². The predicted molar refractivity (Wildman–Crippen MR) is 189 cm³/mol. The molecule has 2 aromatic carbocycles. The Morgan fingerprint density at radius 2 is 1.83 bits per heavy atom. The van der Waals surface area contributed by atoms with Gasteiger partial charge in [0.25, 0.3) is 5.91 Å². The smallest absolute Gasteiger partial charge is 0.407 e. The van der Waals surface area contributed by atoms with E-state index in [1.807, 2.05) is 20.8 Å². The molecular weight excluding hydrogens is 732 g/mol. The monoisotopic (exact) mass is 769 g/mol. The molecule has 3 N–H and O–H groups in total. The predicted octanol–water partition coefficient (Wildman–Crippen LogP) is 7.59. The van der Waals surface area contributed by atoms with E-state index in [1.54, 1.807) is 0 Å². The summed E-state index contributed by atoms with van der Waals surface area (Å²) in [7, 11) is 0. The molecule has 0 saturated heterocycles. The van der Waals surface area contributed by atoms with E-state index in [9.17, 15) is 35.9 Å². The summed E-state index contributed by atoms with van der Waals surface area (Å²) in [6.45, 7) is 2.53. The molecule has 19 heteroatoms. The molecule has 1 aromatic heterocycles. The fraction of sp³-hybridized carbons (Fsp3) is 0.412. The molecule has 53 heavy (non-hydrogen) atoms. The second-order valence-corrected chi connectivity index (χ2v) is 13.5. The first-order chi connectivity index (χ1) is 25.0. The van der Waals surface area contributed by atoms with Crippen molar-refractivity contribution in [2.75, 3.05) is 18.2 Å². The number of benzene rings is 2. The average molecular weight is 770 g/mol. The van der Waals surface area contributed by atoms with Crippen LogP contribution in [0.5, 0.6) is 0 Å². The lowest BCUT2D eigenvalue weighted by atomic mass is 9.92. The minimum atomic E-state index is -3.21. The van der Waals surface area contributed by atoms with E-state index in [4.69, 9.17) is 22.1 Å². The van der Waals surface area contributed by atoms with Crippen LogP contribution in [0.4, 0.5) is 36.8 Å². The highest BCUT2D eigenvalue weighted by atomic mass is 35.5. The maximum atomic E-state index is 14.4. The van der Waals surface area contributed by atoms with E-state index in [2.05, 4.69) is 32.2 Å². The van der Waals surface area contributed by atoms with Crippen molar-refractivity contribution in [3.05, 3.63) is 71.0 Å². The molecule has 3 atom stereocenters. The number of carbonyl (C=O) groups is 2. The van der Waals surface area contributed by atoms with Crippen LogP contribution in [0, 0.1) is 11.3 Å². The van der Waals surface area contributed by atoms with Gasteiger partial charge in [0.15, 0.2) is 5.96 Å². The van der Waals surface area contributed by atoms with Gasteiger partial charge in [-0.05, 0) is 60.4 Å². The van der Waals surface area contributed by atoms with Gasteiger partial charge in [-0.15, -0.1) is 0 Å². The highest BCUT2D eigenvalue weighted by molar-refractivity contribution is 6.33. The SMILES string of the molecule is C=N/C=N\N(c1cc([C@@H](COC(=O)N[C@@H]2C[C@H]2C(F)F)N(C(=O)c2ccc(-c3cnn(C(F)F)c3)cc2)C(N)=NCCC(C)(C)C)ccc1Cl)C(F)F. The lowest BCUT2D eigenvalue weighted by Crippen LogP contribution is -2.46. The Morgan fingerprint density at radius 1 is 1.13 bits per heavy atom. The zero-order valence-electron chi connectivity index (χ0n) is 28.9. The first kappa shape index (κ1) is 40.6. The normalized spacial score (nSPS) is 16.7. The molecule has 3 aromatic rings. The van der Waals surface area contributed by atoms with Crippen molar-refractivity contribution in [3.63, 3.8) is 0 Å². The van der Waals surface area contributed by atoms with E-state index >= 15 is 0 Å². The van der Waals surface area contributed by atoms with Gasteiger partial charge < -0.3 is 15.8 Å². The fourth-order valence-corrected chi connectivity index (χ4v) is 5.28. The van der Waals surface area contributed by atoms with Crippen molar-refractivity contribution in [1.29, 1.82) is 0 Å². The van der Waals surface area contributed by atoms with Crippen molar-refractivity contribution in [3.8, 4) is 11.1 Å². The number of aromatic nitrogens is 2. The second-order valence-electron chi connectivity index (χ2n) is 13.1. The number of anilines is 1. The summed E-state index contributed by atoms with van der Waals surface area (Å²) < 4.78 is 86.7. The Bertz CT molecular complexity index is 1800. The number of carbonyl (C=O) groups excluding carboxylic acids is 2. The molecule has 1 saturated carbocycles. The van der Waals surface area contributed by atoms with E-state index in [0.29, 0.717) is 22.2 Å². The number of alkyl carbamates (subject to hydrolysis) is 1. The van der Waals surface area contributed by atoms with Gasteiger partial charge in [-0.25, -0.2) is 23.3 Å². The summed E-state index contributed by atoms with van der Waals surface area (Å²) in [5, 5.41) is 9.65. The Morgan fingerprint density at radius 3 is 2.40 bits per heavy atom. The summed E-state index contributed by atoms with van der Waals surface area (Å²) in [6.07, 6.45) is -0.0165. The summed E-state index contributed by atoms with van der Waals surface area (Å²) in [5.41, 5.74) is 6.90. The fourth-order valence-electron chi connectivity index (χ4n) is 5.07. The van der Waals surface area contributed by atoms with Crippen molar-refractivity contribution in [1.82, 2.24) is 20.0 Å². The third-order valence-electron chi connectivity index (χ3n) is 8.06. The van der Waals surface area contributed by atoms with Crippen LogP contribution in [0.2, 0.25) is 5.02 Å². The van der Waals surface area contributed by atoms with Crippen LogP contribution in [0.25, 0.3) is 11.1 Å². The third-order valence-corrected chi connectivity index (χ3v) is 8.38. The molecular formula is C34H38ClF6N9O3. The van der Waals surface area contributed by atoms with Crippen LogP contribution >= 0.6 is 11.6 Å². The molecule has 1 aliphatic carbocycles. The molecule has 0 radical (unpaired) electrons. The van der Waals surface area contributed by atoms with E-state index < -0.39 is 56.1 Å². The van der Waals surface area contributed by atoms with Gasteiger partial charge in [0.1, 0.15) is 12.9 Å². The number of hydrazone groups is 1. The van der Waals surface area contributed by atoms with E-state index in [1.165, 1.54) is 48.7 Å². The molecule has 1 heterocycles. The Hall–Kier alpha value is -5.13. The number of hydrogen-bond donors (Lipinski definition) is 2. The lowest BCUT2D eigenvalue weighted by molar-refractivity contribution is 0.0566. The highest BCUT2D eigenvalue weighted by Crippen LogP contribution is 2.37. The lowest BCUT2D eigenvalue weighted by Gasteiger charge is -2.32. The molecule has 1 fully saturated rings. The summed E-state index contributed by atoms with van der Waals surface area (Å²) in [5.74, 6) is -2.15. The topological polar surface area (TPSA) is 143 Å². The molecule has 0 aliphatic heterocycles. The van der Waals surface area contributed by atoms with Crippen molar-refractivity contribution in [2.24, 2.45) is 32.2 Å². The molecule has 0 spiro atoms. The number of hydrogen-bond acceptors (Lipinski definition) is 7. The second kappa shape index (κ2) is 17.6. The van der Waals surface area contributed by atoms with Gasteiger partial charge in [0.05, 0.1) is 22.9 Å². The number of alkyl halides is 6. The van der Waals surface area contributed by atoms with Crippen LogP contribution < -0.4 is 16.1 Å². The number of aliphatic imine (C=N–C) groups is 2. The highest BCUT2D eigenvalue weighted by Gasteiger charge is 2.45. The molecule has 4 rings (SSSR count). The largest absolute Gasteiger partial charge is 0.447 e. The average Bonchev–Trinajstić information content (AvgIpc) is 3.68. The molecule has 12 nitrogen and oxygen atoms in total. The first-order valence-corrected chi connectivity index (χ1v) is 16.5. The van der Waals surface area contributed by atoms with Crippen LogP contribution in [0.1, 0.15) is 62.1 Å². The number of guanidine groups is 1. The van der Waals surface area contributed by atoms with Crippen LogP contribution in [-0.4, -0.2) is 77.9 Å². The molecule has 2 amide bonds. The summed E-state index contributed by atoms with van der Waals surface area (Å²) in [4.78, 5) is 36.0. The number of ether oxygens (including phenoxy) is 1. The number of amides is 2.